The van der Waals surface area contributed by atoms with E-state index in [0.29, 0.717) is 0 Å². The summed E-state index contributed by atoms with van der Waals surface area (Å²) in [5.74, 6) is -1.57. The monoisotopic (exact) mass is 1020 g/mol. The third-order valence-corrected chi connectivity index (χ3v) is 13.4. The molecule has 70 heavy (non-hydrogen) atoms. The van der Waals surface area contributed by atoms with Crippen molar-refractivity contribution in [2.24, 2.45) is 0 Å². The summed E-state index contributed by atoms with van der Waals surface area (Å²) in [6, 6.07) is -3.36. The summed E-state index contributed by atoms with van der Waals surface area (Å²) in [7, 11) is 0. The average molecular weight is 1020 g/mol. The van der Waals surface area contributed by atoms with E-state index >= 15 is 0 Å². The summed E-state index contributed by atoms with van der Waals surface area (Å²) >= 11 is 0. The van der Waals surface area contributed by atoms with Crippen LogP contribution in [0.1, 0.15) is 27.7 Å². The molecule has 8 rings (SSSR count). The minimum atomic E-state index is -2.20. The van der Waals surface area contributed by atoms with Crippen LogP contribution in [0.2, 0.25) is 0 Å². The highest BCUT2D eigenvalue weighted by atomic mass is 16.8. The van der Waals surface area contributed by atoms with Crippen LogP contribution < -0.4 is 10.6 Å². The van der Waals surface area contributed by atoms with Gasteiger partial charge in [0.1, 0.15) is 134 Å². The van der Waals surface area contributed by atoms with Crippen LogP contribution in [-0.2, 0) is 66.4 Å². The molecule has 2 amide bonds. The molecule has 0 aromatic rings. The van der Waals surface area contributed by atoms with Crippen molar-refractivity contribution in [2.45, 2.75) is 212 Å². The maximum Gasteiger partial charge on any atom is 0.217 e. The van der Waals surface area contributed by atoms with Crippen LogP contribution in [0, 0.1) is 0 Å². The van der Waals surface area contributed by atoms with E-state index in [9.17, 15) is 81.1 Å². The van der Waals surface area contributed by atoms with Crippen LogP contribution in [-0.4, -0.2) is 294 Å². The zero-order chi connectivity index (χ0) is 51.2. The molecule has 0 aliphatic carbocycles. The lowest BCUT2D eigenvalue weighted by atomic mass is 9.94. The molecule has 0 radical (unpaired) electrons. The first-order valence-electron chi connectivity index (χ1n) is 22.8. The van der Waals surface area contributed by atoms with Gasteiger partial charge < -0.3 is 139 Å². The molecule has 30 nitrogen and oxygen atoms in total. The van der Waals surface area contributed by atoms with E-state index in [1.165, 1.54) is 13.8 Å². The second-order valence-corrected chi connectivity index (χ2v) is 18.3. The van der Waals surface area contributed by atoms with Gasteiger partial charge in [0.2, 0.25) is 11.8 Å². The first-order chi connectivity index (χ1) is 33.1. The maximum absolute atomic E-state index is 12.8. The number of ether oxygens (including phenoxy) is 12. The number of aliphatic hydroxyl groups excluding tert-OH is 14. The van der Waals surface area contributed by atoms with Crippen molar-refractivity contribution in [2.75, 3.05) is 26.4 Å². The molecule has 30 atom stereocenters. The van der Waals surface area contributed by atoms with Gasteiger partial charge in [0.05, 0.1) is 38.6 Å². The Morgan fingerprint density at radius 2 is 0.800 bits per heavy atom. The molecule has 0 unspecified atom stereocenters. The smallest absolute Gasteiger partial charge is 0.217 e. The number of aliphatic hydroxyl groups is 14. The molecule has 0 aromatic carbocycles. The summed E-state index contributed by atoms with van der Waals surface area (Å²) < 4.78 is 71.7. The fraction of sp³-hybridized carbons (Fsp3) is 0.950. The van der Waals surface area contributed by atoms with Crippen molar-refractivity contribution in [1.29, 1.82) is 0 Å². The highest BCUT2D eigenvalue weighted by Crippen LogP contribution is 2.39. The van der Waals surface area contributed by atoms with Gasteiger partial charge in [0, 0.05) is 13.8 Å². The Morgan fingerprint density at radius 1 is 0.386 bits per heavy atom. The molecule has 16 N–H and O–H groups in total. The van der Waals surface area contributed by atoms with Crippen LogP contribution in [0.15, 0.2) is 0 Å². The van der Waals surface area contributed by atoms with E-state index in [1.807, 2.05) is 0 Å². The molecule has 0 saturated carbocycles. The summed E-state index contributed by atoms with van der Waals surface area (Å²) in [6.45, 7) is 0.997. The van der Waals surface area contributed by atoms with Gasteiger partial charge in [-0.25, -0.2) is 0 Å². The molecular formula is C40H66N2O28. The number of nitrogens with one attached hydrogen (secondary N) is 2. The number of carbonyl (C=O) groups is 2. The van der Waals surface area contributed by atoms with Crippen LogP contribution in [0.25, 0.3) is 0 Å². The Morgan fingerprint density at radius 3 is 1.37 bits per heavy atom. The first-order valence-corrected chi connectivity index (χ1v) is 22.8. The van der Waals surface area contributed by atoms with Crippen molar-refractivity contribution in [3.63, 3.8) is 0 Å². The number of rotatable bonds is 8. The van der Waals surface area contributed by atoms with Gasteiger partial charge in [0.15, 0.2) is 37.7 Å². The lowest BCUT2D eigenvalue weighted by Gasteiger charge is -2.51. The first kappa shape index (κ1) is 55.6. The van der Waals surface area contributed by atoms with Crippen molar-refractivity contribution in [3.05, 3.63) is 0 Å². The van der Waals surface area contributed by atoms with Gasteiger partial charge >= 0.3 is 0 Å². The third-order valence-electron chi connectivity index (χ3n) is 13.4. The lowest BCUT2D eigenvalue weighted by Crippen LogP contribution is -2.70. The molecule has 8 heterocycles. The highest BCUT2D eigenvalue weighted by molar-refractivity contribution is 5.73. The summed E-state index contributed by atoms with van der Waals surface area (Å²) in [5.41, 5.74) is 0. The molecule has 404 valence electrons. The van der Waals surface area contributed by atoms with Gasteiger partial charge in [0.25, 0.3) is 0 Å². The molecule has 8 aliphatic heterocycles. The molecule has 30 heteroatoms. The number of fused-ring (bicyclic) bond motifs is 2. The van der Waals surface area contributed by atoms with E-state index in [2.05, 4.69) is 10.6 Å². The predicted octanol–water partition coefficient (Wildman–Crippen LogP) is -10.7. The lowest BCUT2D eigenvalue weighted by molar-refractivity contribution is -0.399. The quantitative estimate of drug-likeness (QED) is 0.107. The summed E-state index contributed by atoms with van der Waals surface area (Å²) in [6.07, 6.45) is -51.5. The van der Waals surface area contributed by atoms with Crippen molar-refractivity contribution < 1.29 is 138 Å². The Kier molecular flexibility index (Phi) is 18.4. The number of hydrogen-bond acceptors (Lipinski definition) is 28. The maximum atomic E-state index is 12.8. The minimum Gasteiger partial charge on any atom is -0.394 e. The Labute approximate surface area is 398 Å². The van der Waals surface area contributed by atoms with Crippen LogP contribution in [0.3, 0.4) is 0 Å². The largest absolute Gasteiger partial charge is 0.394 e. The summed E-state index contributed by atoms with van der Waals surface area (Å²) in [4.78, 5) is 25.4. The predicted molar refractivity (Wildman–Crippen MR) is 216 cm³/mol. The fourth-order valence-electron chi connectivity index (χ4n) is 9.62. The van der Waals surface area contributed by atoms with E-state index in [4.69, 9.17) is 56.8 Å². The molecular weight excluding hydrogens is 956 g/mol. The van der Waals surface area contributed by atoms with E-state index < -0.39 is 222 Å². The molecule has 8 fully saturated rings. The normalized spacial score (nSPS) is 52.5. The number of hydrogen-bond donors (Lipinski definition) is 16. The molecule has 0 aromatic heterocycles. The molecule has 10 bridgehead atoms. The standard InChI is InChI=1S/C40H66N2O28/c1-9-19(49)32-26(56)38(59-9)67-31-18(42-12(4)48)36(61-14(6-44)21(31)51)69-33-22(52)15(7-45)63-40(27(33)57)70-34-28(58)39(66-30-16(8-46)64-35(68-32)17(23(30)53)41-11(3)47)60-10(2)29(34)65-37-25(55)24(54)20(50)13(5-43)62-37/h9-10,13-40,43-46,49-58H,5-8H2,1-4H3,(H,41,47)(H,42,48)/t9-,10-,13+,14+,15+,16+,17+,18+,19+,20+,21+,22-,23+,24-,25+,26-,27+,28-,29+,30+,31+,32+,33-,34-,35-,36-,37-,38-,39-,40+/m0/s1. The SMILES string of the molecule is CC(=O)N[C@H]1[C@@H]2O[C@H]3[C@H](O)[C@H](O[C@H]4[C@H](O)[C@@H](CO)O[C@@H](O[C@H]5[C@@H](O)[C@@H](CO)O[C@H](O[C@H]6[C@H](O)[C@H](O[C@@H]([C@@H]1O)[C@@H](CO)O2)O[C@@H](C)[C@H]6O[C@@H]1O[C@H](CO)[C@@H](O)[C@H](O)[C@H]1O)[C@@H]5O)[C@@H]4NC(C)=O)O[C@@H](C)[C@H]3O. The average Bonchev–Trinajstić information content (AvgIpc) is 3.31. The van der Waals surface area contributed by atoms with Crippen LogP contribution >= 0.6 is 0 Å². The minimum absolute atomic E-state index is 0.775. The zero-order valence-corrected chi connectivity index (χ0v) is 38.1. The second-order valence-electron chi connectivity index (χ2n) is 18.3. The molecule has 0 spiro atoms. The zero-order valence-electron chi connectivity index (χ0n) is 38.1. The van der Waals surface area contributed by atoms with Gasteiger partial charge in [-0.1, -0.05) is 0 Å². The van der Waals surface area contributed by atoms with Crippen LogP contribution in [0.5, 0.6) is 0 Å². The highest BCUT2D eigenvalue weighted by Gasteiger charge is 2.59. The van der Waals surface area contributed by atoms with E-state index in [-0.39, 0.29) is 0 Å². The Bertz CT molecular complexity index is 1730. The van der Waals surface area contributed by atoms with E-state index in [1.54, 1.807) is 0 Å². The van der Waals surface area contributed by atoms with Crippen molar-refractivity contribution in [3.8, 4) is 0 Å². The second kappa shape index (κ2) is 23.2. The van der Waals surface area contributed by atoms with Gasteiger partial charge in [-0.05, 0) is 13.8 Å². The molecule has 8 saturated heterocycles. The topological polar surface area (TPSA) is 452 Å². The summed E-state index contributed by atoms with van der Waals surface area (Å²) in [5, 5.41) is 161. The van der Waals surface area contributed by atoms with E-state index in [0.717, 1.165) is 13.8 Å². The van der Waals surface area contributed by atoms with Gasteiger partial charge in [-0.3, -0.25) is 9.59 Å². The number of amides is 2. The van der Waals surface area contributed by atoms with Crippen molar-refractivity contribution in [1.82, 2.24) is 10.6 Å². The van der Waals surface area contributed by atoms with Gasteiger partial charge in [-0.15, -0.1) is 0 Å². The number of carbonyl (C=O) groups excluding carboxylic acids is 2. The Hall–Kier alpha value is -2.10. The third kappa shape index (κ3) is 11.1. The Balaban J connectivity index is 1.34. The van der Waals surface area contributed by atoms with Crippen molar-refractivity contribution >= 4 is 11.8 Å². The molecule has 8 aliphatic rings. The van der Waals surface area contributed by atoms with Gasteiger partial charge in [-0.2, -0.15) is 0 Å². The fourth-order valence-corrected chi connectivity index (χ4v) is 9.62. The van der Waals surface area contributed by atoms with Crippen LogP contribution in [0.4, 0.5) is 0 Å².